The van der Waals surface area contributed by atoms with E-state index in [1.54, 1.807) is 0 Å². The van der Waals surface area contributed by atoms with Gasteiger partial charge >= 0.3 is 6.09 Å². The van der Waals surface area contributed by atoms with Gasteiger partial charge in [0.1, 0.15) is 17.4 Å². The van der Waals surface area contributed by atoms with Crippen molar-refractivity contribution in [1.82, 2.24) is 0 Å². The van der Waals surface area contributed by atoms with E-state index < -0.39 is 6.09 Å². The van der Waals surface area contributed by atoms with Gasteiger partial charge < -0.3 is 9.15 Å². The highest BCUT2D eigenvalue weighted by Crippen LogP contribution is 2.41. The Morgan fingerprint density at radius 3 is 2.17 bits per heavy atom. The number of amides is 1. The molecule has 1 N–H and O–H groups in total. The van der Waals surface area contributed by atoms with Crippen molar-refractivity contribution in [1.29, 1.82) is 5.26 Å². The van der Waals surface area contributed by atoms with Crippen molar-refractivity contribution < 1.29 is 13.9 Å². The van der Waals surface area contributed by atoms with Crippen LogP contribution in [-0.4, -0.2) is 13.2 Å². The second-order valence-corrected chi connectivity index (χ2v) is 4.97. The molecule has 0 saturated carbocycles. The van der Waals surface area contributed by atoms with Crippen LogP contribution in [0.25, 0.3) is 22.5 Å². The second kappa shape index (κ2) is 6.71. The number of hydrogen-bond donors (Lipinski definition) is 1. The Balaban J connectivity index is 2.24. The van der Waals surface area contributed by atoms with E-state index in [1.807, 2.05) is 60.7 Å². The molecule has 0 fully saturated rings. The Morgan fingerprint density at radius 1 is 1.04 bits per heavy atom. The topological polar surface area (TPSA) is 75.3 Å². The molecule has 1 heterocycles. The molecule has 0 aliphatic rings. The maximum absolute atomic E-state index is 11.5. The minimum Gasteiger partial charge on any atom is -0.453 e. The van der Waals surface area contributed by atoms with E-state index in [4.69, 9.17) is 4.42 Å². The van der Waals surface area contributed by atoms with Gasteiger partial charge in [-0.25, -0.2) is 4.79 Å². The maximum Gasteiger partial charge on any atom is 0.413 e. The predicted octanol–water partition coefficient (Wildman–Crippen LogP) is 4.66. The zero-order valence-corrected chi connectivity index (χ0v) is 12.9. The van der Waals surface area contributed by atoms with Crippen LogP contribution in [0.4, 0.5) is 10.7 Å². The van der Waals surface area contributed by atoms with E-state index >= 15 is 0 Å². The summed E-state index contributed by atoms with van der Waals surface area (Å²) in [5.74, 6) is 0.590. The van der Waals surface area contributed by atoms with Crippen LogP contribution in [0, 0.1) is 11.3 Å². The Morgan fingerprint density at radius 2 is 1.62 bits per heavy atom. The first-order valence-electron chi connectivity index (χ1n) is 7.27. The van der Waals surface area contributed by atoms with Gasteiger partial charge in [-0.2, -0.15) is 5.26 Å². The maximum atomic E-state index is 11.5. The summed E-state index contributed by atoms with van der Waals surface area (Å²) in [6.45, 7) is 0. The normalized spacial score (nSPS) is 10.0. The SMILES string of the molecule is COC(=O)Nc1oc(-c2ccccc2)c(-c2ccccc2)c1C#N. The van der Waals surface area contributed by atoms with Crippen LogP contribution in [0.2, 0.25) is 0 Å². The lowest BCUT2D eigenvalue weighted by Crippen LogP contribution is -2.11. The van der Waals surface area contributed by atoms with Gasteiger partial charge in [0.05, 0.1) is 7.11 Å². The van der Waals surface area contributed by atoms with Gasteiger partial charge in [0.15, 0.2) is 0 Å². The molecule has 0 atom stereocenters. The number of carbonyl (C=O) groups excluding carboxylic acids is 1. The second-order valence-electron chi connectivity index (χ2n) is 4.97. The van der Waals surface area contributed by atoms with Gasteiger partial charge in [-0.3, -0.25) is 5.32 Å². The fraction of sp³-hybridized carbons (Fsp3) is 0.0526. The molecule has 0 spiro atoms. The summed E-state index contributed by atoms with van der Waals surface area (Å²) in [5.41, 5.74) is 2.53. The van der Waals surface area contributed by atoms with E-state index in [2.05, 4.69) is 16.1 Å². The van der Waals surface area contributed by atoms with Crippen molar-refractivity contribution in [2.45, 2.75) is 0 Å². The number of hydrogen-bond acceptors (Lipinski definition) is 4. The van der Waals surface area contributed by atoms with Crippen molar-refractivity contribution in [3.8, 4) is 28.5 Å². The van der Waals surface area contributed by atoms with Crippen molar-refractivity contribution in [2.24, 2.45) is 0 Å². The first-order valence-corrected chi connectivity index (χ1v) is 7.27. The van der Waals surface area contributed by atoms with Gasteiger partial charge in [-0.1, -0.05) is 60.7 Å². The summed E-state index contributed by atoms with van der Waals surface area (Å²) in [5, 5.41) is 12.1. The average Bonchev–Trinajstić information content (AvgIpc) is 3.01. The molecule has 3 aromatic rings. The number of methoxy groups -OCH3 is 1. The molecule has 3 rings (SSSR count). The van der Waals surface area contributed by atoms with E-state index in [1.165, 1.54) is 7.11 Å². The summed E-state index contributed by atoms with van der Waals surface area (Å²) in [4.78, 5) is 11.5. The van der Waals surface area contributed by atoms with Gasteiger partial charge in [-0.15, -0.1) is 0 Å². The lowest BCUT2D eigenvalue weighted by atomic mass is 9.98. The number of nitrogens with one attached hydrogen (secondary N) is 1. The van der Waals surface area contributed by atoms with Crippen molar-refractivity contribution in [3.05, 3.63) is 66.2 Å². The van der Waals surface area contributed by atoms with Crippen LogP contribution in [0.3, 0.4) is 0 Å². The first-order chi connectivity index (χ1) is 11.7. The molecular formula is C19H14N2O3. The van der Waals surface area contributed by atoms with E-state index in [0.29, 0.717) is 11.3 Å². The molecule has 5 heteroatoms. The van der Waals surface area contributed by atoms with E-state index in [9.17, 15) is 10.1 Å². The lowest BCUT2D eigenvalue weighted by Gasteiger charge is -2.03. The molecule has 0 unspecified atom stereocenters. The average molecular weight is 318 g/mol. The molecule has 24 heavy (non-hydrogen) atoms. The van der Waals surface area contributed by atoms with Gasteiger partial charge in [0.2, 0.25) is 5.88 Å². The summed E-state index contributed by atoms with van der Waals surface area (Å²) in [6, 6.07) is 21.0. The standard InChI is InChI=1S/C19H14N2O3/c1-23-19(22)21-18-15(12-20)16(13-8-4-2-5-9-13)17(24-18)14-10-6-3-7-11-14/h2-11H,1H3,(H,21,22). The third-order valence-electron chi connectivity index (χ3n) is 3.52. The number of nitriles is 1. The Kier molecular flexibility index (Phi) is 4.30. The molecule has 2 aromatic carbocycles. The lowest BCUT2D eigenvalue weighted by molar-refractivity contribution is 0.186. The smallest absolute Gasteiger partial charge is 0.413 e. The molecule has 0 bridgehead atoms. The van der Waals surface area contributed by atoms with E-state index in [-0.39, 0.29) is 11.4 Å². The quantitative estimate of drug-likeness (QED) is 0.762. The number of ether oxygens (including phenoxy) is 1. The highest BCUT2D eigenvalue weighted by atomic mass is 16.5. The van der Waals surface area contributed by atoms with Crippen molar-refractivity contribution in [3.63, 3.8) is 0 Å². The highest BCUT2D eigenvalue weighted by molar-refractivity contribution is 5.93. The minimum atomic E-state index is -0.695. The third kappa shape index (κ3) is 2.85. The molecule has 5 nitrogen and oxygen atoms in total. The Bertz CT molecular complexity index is 894. The molecule has 0 radical (unpaired) electrons. The number of rotatable bonds is 3. The summed E-state index contributed by atoms with van der Waals surface area (Å²) in [6.07, 6.45) is -0.695. The van der Waals surface area contributed by atoms with Gasteiger partial charge in [-0.05, 0) is 5.56 Å². The fourth-order valence-corrected chi connectivity index (χ4v) is 2.44. The van der Waals surface area contributed by atoms with Crippen LogP contribution in [0.1, 0.15) is 5.56 Å². The fourth-order valence-electron chi connectivity index (χ4n) is 2.44. The molecule has 0 aliphatic heterocycles. The third-order valence-corrected chi connectivity index (χ3v) is 3.52. The summed E-state index contributed by atoms with van der Waals surface area (Å²) in [7, 11) is 1.25. The molecule has 1 aromatic heterocycles. The van der Waals surface area contributed by atoms with Gasteiger partial charge in [0, 0.05) is 11.1 Å². The molecule has 118 valence electrons. The zero-order valence-electron chi connectivity index (χ0n) is 12.9. The van der Waals surface area contributed by atoms with Crippen LogP contribution in [0.5, 0.6) is 0 Å². The van der Waals surface area contributed by atoms with Crippen molar-refractivity contribution in [2.75, 3.05) is 12.4 Å². The van der Waals surface area contributed by atoms with E-state index in [0.717, 1.165) is 11.1 Å². The predicted molar refractivity (Wildman–Crippen MR) is 90.3 cm³/mol. The zero-order chi connectivity index (χ0) is 16.9. The summed E-state index contributed by atoms with van der Waals surface area (Å²) < 4.78 is 10.4. The van der Waals surface area contributed by atoms with Crippen LogP contribution >= 0.6 is 0 Å². The number of furan rings is 1. The molecule has 0 aliphatic carbocycles. The molecular weight excluding hydrogens is 304 g/mol. The van der Waals surface area contributed by atoms with Crippen LogP contribution in [-0.2, 0) is 4.74 Å². The van der Waals surface area contributed by atoms with Crippen LogP contribution < -0.4 is 5.32 Å². The Labute approximate surface area is 139 Å². The number of anilines is 1. The minimum absolute atomic E-state index is 0.0713. The monoisotopic (exact) mass is 318 g/mol. The van der Waals surface area contributed by atoms with Crippen molar-refractivity contribution >= 4 is 12.0 Å². The Hall–Kier alpha value is -3.52. The number of carbonyl (C=O) groups is 1. The molecule has 1 amide bonds. The first kappa shape index (κ1) is 15.4. The number of benzene rings is 2. The molecule has 0 saturated heterocycles. The summed E-state index contributed by atoms with van der Waals surface area (Å²) >= 11 is 0. The number of nitrogens with zero attached hydrogens (tertiary/aromatic N) is 1. The van der Waals surface area contributed by atoms with Crippen LogP contribution in [0.15, 0.2) is 65.1 Å². The largest absolute Gasteiger partial charge is 0.453 e. The highest BCUT2D eigenvalue weighted by Gasteiger charge is 2.24. The van der Waals surface area contributed by atoms with Gasteiger partial charge in [0.25, 0.3) is 0 Å².